The SMILES string of the molecule is N#Cc1cc(-c2ccc(-c3cccc4c3oc3ccccc34)cc2)cc(-c2ccc(-c3ccc(-c4nc(-c5ccccc5)nc(-c5ccccc5)n4)cc3)c3ccccc23)c1. The zero-order chi connectivity index (χ0) is 40.7. The van der Waals surface area contributed by atoms with Crippen molar-refractivity contribution in [1.82, 2.24) is 15.0 Å². The molecule has 5 heteroatoms. The predicted molar refractivity (Wildman–Crippen MR) is 247 cm³/mol. The maximum Gasteiger partial charge on any atom is 0.164 e. The highest BCUT2D eigenvalue weighted by molar-refractivity contribution is 6.10. The summed E-state index contributed by atoms with van der Waals surface area (Å²) in [6.07, 6.45) is 0. The smallest absolute Gasteiger partial charge is 0.164 e. The zero-order valence-electron chi connectivity index (χ0n) is 32.8. The lowest BCUT2D eigenvalue weighted by Crippen LogP contribution is -2.00. The number of hydrogen-bond donors (Lipinski definition) is 0. The van der Waals surface area contributed by atoms with Crippen LogP contribution in [0.25, 0.3) is 111 Å². The Hall–Kier alpha value is -8.46. The first-order chi connectivity index (χ1) is 30.2. The van der Waals surface area contributed by atoms with Crippen molar-refractivity contribution in [2.75, 3.05) is 0 Å². The van der Waals surface area contributed by atoms with E-state index in [0.717, 1.165) is 93.9 Å². The van der Waals surface area contributed by atoms with Crippen molar-refractivity contribution >= 4 is 32.7 Å². The quantitative estimate of drug-likeness (QED) is 0.161. The number of benzene rings is 9. The van der Waals surface area contributed by atoms with E-state index >= 15 is 0 Å². The van der Waals surface area contributed by atoms with E-state index in [1.165, 1.54) is 0 Å². The van der Waals surface area contributed by atoms with Gasteiger partial charge in [-0.3, -0.25) is 0 Å². The van der Waals surface area contributed by atoms with E-state index in [1.54, 1.807) is 0 Å². The van der Waals surface area contributed by atoms with Crippen LogP contribution in [-0.4, -0.2) is 15.0 Å². The molecular weight excluding hydrogens is 745 g/mol. The van der Waals surface area contributed by atoms with Gasteiger partial charge >= 0.3 is 0 Å². The molecule has 0 radical (unpaired) electrons. The second-order valence-corrected chi connectivity index (χ2v) is 15.1. The van der Waals surface area contributed by atoms with Crippen LogP contribution < -0.4 is 0 Å². The van der Waals surface area contributed by atoms with E-state index in [-0.39, 0.29) is 0 Å². The number of aromatic nitrogens is 3. The van der Waals surface area contributed by atoms with Crippen molar-refractivity contribution < 1.29 is 4.42 Å². The van der Waals surface area contributed by atoms with Crippen LogP contribution in [0.4, 0.5) is 0 Å². The summed E-state index contributed by atoms with van der Waals surface area (Å²) in [5.74, 6) is 1.88. The van der Waals surface area contributed by atoms with Gasteiger partial charge in [-0.25, -0.2) is 15.0 Å². The summed E-state index contributed by atoms with van der Waals surface area (Å²) in [7, 11) is 0. The molecule has 0 aliphatic rings. The zero-order valence-corrected chi connectivity index (χ0v) is 32.8. The second-order valence-electron chi connectivity index (χ2n) is 15.1. The van der Waals surface area contributed by atoms with Crippen molar-refractivity contribution in [3.63, 3.8) is 0 Å². The van der Waals surface area contributed by atoms with Crippen LogP contribution in [0.2, 0.25) is 0 Å². The van der Waals surface area contributed by atoms with Gasteiger partial charge in [-0.05, 0) is 74.0 Å². The van der Waals surface area contributed by atoms with Crippen LogP contribution in [0.15, 0.2) is 211 Å². The monoisotopic (exact) mass is 778 g/mol. The lowest BCUT2D eigenvalue weighted by molar-refractivity contribution is 0.670. The molecule has 9 aromatic carbocycles. The third-order valence-corrected chi connectivity index (χ3v) is 11.4. The van der Waals surface area contributed by atoms with Crippen molar-refractivity contribution in [3.05, 3.63) is 212 Å². The van der Waals surface area contributed by atoms with Crippen LogP contribution in [0.5, 0.6) is 0 Å². The second kappa shape index (κ2) is 15.0. The van der Waals surface area contributed by atoms with Crippen LogP contribution in [0.3, 0.4) is 0 Å². The highest BCUT2D eigenvalue weighted by Crippen LogP contribution is 2.40. The van der Waals surface area contributed by atoms with Crippen molar-refractivity contribution in [2.24, 2.45) is 0 Å². The van der Waals surface area contributed by atoms with Crippen LogP contribution in [0.1, 0.15) is 5.56 Å². The van der Waals surface area contributed by atoms with Crippen molar-refractivity contribution in [3.8, 4) is 84.7 Å². The summed E-state index contributed by atoms with van der Waals surface area (Å²) in [6, 6.07) is 72.9. The van der Waals surface area contributed by atoms with E-state index in [2.05, 4.69) is 121 Å². The molecule has 61 heavy (non-hydrogen) atoms. The fraction of sp³-hybridized carbons (Fsp3) is 0. The first-order valence-electron chi connectivity index (χ1n) is 20.2. The summed E-state index contributed by atoms with van der Waals surface area (Å²) in [5, 5.41) is 14.7. The molecule has 284 valence electrons. The summed E-state index contributed by atoms with van der Waals surface area (Å²) >= 11 is 0. The molecule has 0 aliphatic heterocycles. The summed E-state index contributed by atoms with van der Waals surface area (Å²) in [4.78, 5) is 14.7. The minimum Gasteiger partial charge on any atom is -0.455 e. The van der Waals surface area contributed by atoms with E-state index in [1.807, 2.05) is 91.0 Å². The molecule has 2 aromatic heterocycles. The Morgan fingerprint density at radius 1 is 0.328 bits per heavy atom. The molecule has 0 unspecified atom stereocenters. The van der Waals surface area contributed by atoms with Crippen molar-refractivity contribution in [1.29, 1.82) is 5.26 Å². The van der Waals surface area contributed by atoms with Gasteiger partial charge in [-0.2, -0.15) is 5.26 Å². The molecule has 0 N–H and O–H groups in total. The first kappa shape index (κ1) is 35.7. The highest BCUT2D eigenvalue weighted by Gasteiger charge is 2.16. The molecule has 11 aromatic rings. The maximum absolute atomic E-state index is 10.2. The Balaban J connectivity index is 0.936. The lowest BCUT2D eigenvalue weighted by atomic mass is 9.89. The molecule has 0 saturated carbocycles. The fourth-order valence-corrected chi connectivity index (χ4v) is 8.37. The van der Waals surface area contributed by atoms with Gasteiger partial charge in [0.25, 0.3) is 0 Å². The number of hydrogen-bond acceptors (Lipinski definition) is 5. The van der Waals surface area contributed by atoms with Gasteiger partial charge in [0.05, 0.1) is 11.6 Å². The Morgan fingerprint density at radius 3 is 1.39 bits per heavy atom. The van der Waals surface area contributed by atoms with Crippen LogP contribution in [-0.2, 0) is 0 Å². The van der Waals surface area contributed by atoms with Crippen LogP contribution in [0, 0.1) is 11.3 Å². The van der Waals surface area contributed by atoms with Crippen LogP contribution >= 0.6 is 0 Å². The maximum atomic E-state index is 10.2. The van der Waals surface area contributed by atoms with E-state index in [9.17, 15) is 5.26 Å². The van der Waals surface area contributed by atoms with Gasteiger partial charge in [0, 0.05) is 33.0 Å². The molecule has 0 aliphatic carbocycles. The average Bonchev–Trinajstić information content (AvgIpc) is 3.73. The predicted octanol–water partition coefficient (Wildman–Crippen LogP) is 14.5. The van der Waals surface area contributed by atoms with Crippen molar-refractivity contribution in [2.45, 2.75) is 0 Å². The molecule has 0 amide bonds. The first-order valence-corrected chi connectivity index (χ1v) is 20.2. The van der Waals surface area contributed by atoms with E-state index in [4.69, 9.17) is 19.4 Å². The highest BCUT2D eigenvalue weighted by atomic mass is 16.3. The molecule has 0 fully saturated rings. The van der Waals surface area contributed by atoms with Gasteiger partial charge in [0.2, 0.25) is 0 Å². The lowest BCUT2D eigenvalue weighted by Gasteiger charge is -2.14. The third-order valence-electron chi connectivity index (χ3n) is 11.4. The minimum atomic E-state index is 0.608. The molecular formula is C56H34N4O. The fourth-order valence-electron chi connectivity index (χ4n) is 8.37. The number of rotatable bonds is 7. The van der Waals surface area contributed by atoms with Gasteiger partial charge in [0.1, 0.15) is 11.2 Å². The molecule has 2 heterocycles. The average molecular weight is 779 g/mol. The summed E-state index contributed by atoms with van der Waals surface area (Å²) in [5.41, 5.74) is 13.5. The van der Waals surface area contributed by atoms with Gasteiger partial charge in [0.15, 0.2) is 17.5 Å². The van der Waals surface area contributed by atoms with E-state index in [0.29, 0.717) is 23.0 Å². The molecule has 0 bridgehead atoms. The molecule has 11 rings (SSSR count). The number of furan rings is 1. The standard InChI is InChI=1S/C56H34N4O/c57-35-36-32-43(37-22-24-39(25-23-37)47-19-11-20-51-50-18-9-10-21-52(50)61-53(47)51)34-44(33-36)46-31-30-45(48-16-7-8-17-49(46)48)38-26-28-42(29-27-38)56-59-54(40-12-3-1-4-13-40)58-55(60-56)41-14-5-2-6-15-41/h1-34H. The van der Waals surface area contributed by atoms with Gasteiger partial charge in [-0.15, -0.1) is 0 Å². The molecule has 0 spiro atoms. The van der Waals surface area contributed by atoms with Gasteiger partial charge in [-0.1, -0.05) is 182 Å². The topological polar surface area (TPSA) is 75.6 Å². The Morgan fingerprint density at radius 2 is 0.787 bits per heavy atom. The molecule has 0 saturated heterocycles. The Kier molecular flexibility index (Phi) is 8.80. The number of nitrogens with zero attached hydrogens (tertiary/aromatic N) is 4. The molecule has 0 atom stereocenters. The molecule has 5 nitrogen and oxygen atoms in total. The Labute approximate surface area is 352 Å². The third kappa shape index (κ3) is 6.59. The normalized spacial score (nSPS) is 11.3. The summed E-state index contributed by atoms with van der Waals surface area (Å²) in [6.45, 7) is 0. The number of fused-ring (bicyclic) bond motifs is 4. The Bertz CT molecular complexity index is 3400. The van der Waals surface area contributed by atoms with Gasteiger partial charge < -0.3 is 4.42 Å². The van der Waals surface area contributed by atoms with E-state index < -0.39 is 0 Å². The number of para-hydroxylation sites is 2. The largest absolute Gasteiger partial charge is 0.455 e. The summed E-state index contributed by atoms with van der Waals surface area (Å²) < 4.78 is 6.34. The minimum absolute atomic E-state index is 0.608. The number of nitriles is 1.